The number of hydrogen-bond donors (Lipinski definition) is 2. The Hall–Kier alpha value is -1.55. The highest BCUT2D eigenvalue weighted by atomic mass is 19.1. The number of methoxy groups -OCH3 is 1. The third-order valence-electron chi connectivity index (χ3n) is 3.69. The Balaban J connectivity index is 1.99. The van der Waals surface area contributed by atoms with Crippen molar-refractivity contribution in [3.63, 3.8) is 0 Å². The molecule has 1 aromatic heterocycles. The highest BCUT2D eigenvalue weighted by Gasteiger charge is 2.17. The largest absolute Gasteiger partial charge is 0.494 e. The number of aromatic amines is 1. The van der Waals surface area contributed by atoms with E-state index in [1.54, 1.807) is 6.07 Å². The Labute approximate surface area is 105 Å². The minimum absolute atomic E-state index is 0.304. The van der Waals surface area contributed by atoms with Crippen LogP contribution in [0.3, 0.4) is 0 Å². The van der Waals surface area contributed by atoms with Crippen molar-refractivity contribution in [3.8, 4) is 5.75 Å². The van der Waals surface area contributed by atoms with E-state index in [0.29, 0.717) is 11.7 Å². The summed E-state index contributed by atoms with van der Waals surface area (Å²) in [5, 5.41) is 4.37. The van der Waals surface area contributed by atoms with Crippen molar-refractivity contribution in [2.75, 3.05) is 20.2 Å². The average Bonchev–Trinajstić information content (AvgIpc) is 2.81. The number of fused-ring (bicyclic) bond motifs is 1. The first kappa shape index (κ1) is 11.5. The Morgan fingerprint density at radius 1 is 1.22 bits per heavy atom. The maximum Gasteiger partial charge on any atom is 0.167 e. The molecule has 1 aromatic carbocycles. The second kappa shape index (κ2) is 4.61. The summed E-state index contributed by atoms with van der Waals surface area (Å²) in [5.74, 6) is 0.537. The minimum atomic E-state index is -0.316. The van der Waals surface area contributed by atoms with E-state index in [-0.39, 0.29) is 5.82 Å². The van der Waals surface area contributed by atoms with Gasteiger partial charge in [-0.25, -0.2) is 4.39 Å². The molecule has 1 aliphatic heterocycles. The third-order valence-corrected chi connectivity index (χ3v) is 3.69. The zero-order valence-electron chi connectivity index (χ0n) is 10.4. The van der Waals surface area contributed by atoms with Crippen LogP contribution in [0.2, 0.25) is 0 Å². The quantitative estimate of drug-likeness (QED) is 0.857. The number of hydrogen-bond acceptors (Lipinski definition) is 2. The lowest BCUT2D eigenvalue weighted by atomic mass is 9.95. The maximum atomic E-state index is 13.6. The van der Waals surface area contributed by atoms with Crippen LogP contribution in [0.4, 0.5) is 4.39 Å². The smallest absolute Gasteiger partial charge is 0.167 e. The summed E-state index contributed by atoms with van der Waals surface area (Å²) in [6.07, 6.45) is 2.26. The number of benzene rings is 1. The summed E-state index contributed by atoms with van der Waals surface area (Å²) >= 11 is 0. The van der Waals surface area contributed by atoms with Crippen LogP contribution in [-0.2, 0) is 0 Å². The SMILES string of the molecule is COc1cc2cc(C3CCNCC3)[nH]c2cc1F. The fourth-order valence-electron chi connectivity index (χ4n) is 2.67. The van der Waals surface area contributed by atoms with E-state index in [1.165, 1.54) is 18.9 Å². The normalized spacial score (nSPS) is 17.2. The van der Waals surface area contributed by atoms with Gasteiger partial charge < -0.3 is 15.0 Å². The standard InChI is InChI=1S/C14H17FN2O/c1-18-14-7-10-6-12(9-2-4-16-5-3-9)17-13(10)8-11(14)15/h6-9,16-17H,2-5H2,1H3. The minimum Gasteiger partial charge on any atom is -0.494 e. The lowest BCUT2D eigenvalue weighted by molar-refractivity contribution is 0.387. The molecule has 0 bridgehead atoms. The second-order valence-corrected chi connectivity index (χ2v) is 4.82. The summed E-state index contributed by atoms with van der Waals surface area (Å²) in [4.78, 5) is 3.33. The fourth-order valence-corrected chi connectivity index (χ4v) is 2.67. The molecule has 3 nitrogen and oxygen atoms in total. The Morgan fingerprint density at radius 3 is 2.72 bits per heavy atom. The van der Waals surface area contributed by atoms with Gasteiger partial charge in [-0.2, -0.15) is 0 Å². The molecule has 18 heavy (non-hydrogen) atoms. The monoisotopic (exact) mass is 248 g/mol. The van der Waals surface area contributed by atoms with Gasteiger partial charge in [-0.15, -0.1) is 0 Å². The molecule has 2 N–H and O–H groups in total. The van der Waals surface area contributed by atoms with Gasteiger partial charge in [0.25, 0.3) is 0 Å². The summed E-state index contributed by atoms with van der Waals surface area (Å²) in [7, 11) is 1.49. The number of ether oxygens (including phenoxy) is 1. The number of H-pyrrole nitrogens is 1. The highest BCUT2D eigenvalue weighted by Crippen LogP contribution is 2.30. The summed E-state index contributed by atoms with van der Waals surface area (Å²) < 4.78 is 18.6. The lowest BCUT2D eigenvalue weighted by Gasteiger charge is -2.21. The zero-order valence-corrected chi connectivity index (χ0v) is 10.4. The number of halogens is 1. The van der Waals surface area contributed by atoms with Gasteiger partial charge in [-0.3, -0.25) is 0 Å². The first-order valence-corrected chi connectivity index (χ1v) is 6.35. The molecule has 2 aromatic rings. The molecule has 0 unspecified atom stereocenters. The van der Waals surface area contributed by atoms with Crippen LogP contribution in [0, 0.1) is 5.82 Å². The molecule has 96 valence electrons. The van der Waals surface area contributed by atoms with Crippen LogP contribution in [0.5, 0.6) is 5.75 Å². The van der Waals surface area contributed by atoms with Gasteiger partial charge in [0.05, 0.1) is 7.11 Å². The van der Waals surface area contributed by atoms with E-state index in [9.17, 15) is 4.39 Å². The van der Waals surface area contributed by atoms with Crippen molar-refractivity contribution in [1.29, 1.82) is 0 Å². The molecule has 3 rings (SSSR count). The molecule has 0 atom stereocenters. The van der Waals surface area contributed by atoms with Crippen LogP contribution in [0.1, 0.15) is 24.5 Å². The fraction of sp³-hybridized carbons (Fsp3) is 0.429. The molecular formula is C14H17FN2O. The number of rotatable bonds is 2. The Bertz CT molecular complexity index is 558. The predicted molar refractivity (Wildman–Crippen MR) is 69.7 cm³/mol. The van der Waals surface area contributed by atoms with Gasteiger partial charge >= 0.3 is 0 Å². The van der Waals surface area contributed by atoms with E-state index in [2.05, 4.69) is 16.4 Å². The van der Waals surface area contributed by atoms with E-state index in [0.717, 1.165) is 36.8 Å². The first-order valence-electron chi connectivity index (χ1n) is 6.35. The van der Waals surface area contributed by atoms with Gasteiger partial charge in [0.1, 0.15) is 0 Å². The molecule has 4 heteroatoms. The van der Waals surface area contributed by atoms with Crippen LogP contribution >= 0.6 is 0 Å². The van der Waals surface area contributed by atoms with Crippen molar-refractivity contribution in [1.82, 2.24) is 10.3 Å². The number of nitrogens with one attached hydrogen (secondary N) is 2. The van der Waals surface area contributed by atoms with Gasteiger partial charge in [0.2, 0.25) is 0 Å². The topological polar surface area (TPSA) is 37.0 Å². The second-order valence-electron chi connectivity index (χ2n) is 4.82. The molecule has 0 spiro atoms. The summed E-state index contributed by atoms with van der Waals surface area (Å²) in [6.45, 7) is 2.11. The van der Waals surface area contributed by atoms with Crippen molar-refractivity contribution < 1.29 is 9.13 Å². The van der Waals surface area contributed by atoms with E-state index < -0.39 is 0 Å². The summed E-state index contributed by atoms with van der Waals surface area (Å²) in [5.41, 5.74) is 2.06. The van der Waals surface area contributed by atoms with E-state index in [1.807, 2.05) is 0 Å². The van der Waals surface area contributed by atoms with E-state index in [4.69, 9.17) is 4.74 Å². The van der Waals surface area contributed by atoms with E-state index >= 15 is 0 Å². The molecule has 0 saturated carbocycles. The highest BCUT2D eigenvalue weighted by molar-refractivity contribution is 5.82. The van der Waals surface area contributed by atoms with Crippen molar-refractivity contribution in [2.24, 2.45) is 0 Å². The summed E-state index contributed by atoms with van der Waals surface area (Å²) in [6, 6.07) is 5.39. The molecule has 1 saturated heterocycles. The van der Waals surface area contributed by atoms with Gasteiger partial charge in [0, 0.05) is 28.6 Å². The molecule has 0 radical (unpaired) electrons. The van der Waals surface area contributed by atoms with Crippen LogP contribution in [-0.4, -0.2) is 25.2 Å². The maximum absolute atomic E-state index is 13.6. The van der Waals surface area contributed by atoms with Gasteiger partial charge in [-0.05, 0) is 38.1 Å². The molecule has 1 aliphatic rings. The van der Waals surface area contributed by atoms with Gasteiger partial charge in [0.15, 0.2) is 11.6 Å². The van der Waals surface area contributed by atoms with Crippen molar-refractivity contribution in [3.05, 3.63) is 29.7 Å². The molecule has 0 aliphatic carbocycles. The lowest BCUT2D eigenvalue weighted by Crippen LogP contribution is -2.26. The van der Waals surface area contributed by atoms with Crippen LogP contribution in [0.25, 0.3) is 10.9 Å². The average molecular weight is 248 g/mol. The zero-order chi connectivity index (χ0) is 12.5. The molecule has 2 heterocycles. The van der Waals surface area contributed by atoms with Crippen molar-refractivity contribution >= 4 is 10.9 Å². The van der Waals surface area contributed by atoms with Gasteiger partial charge in [-0.1, -0.05) is 0 Å². The Morgan fingerprint density at radius 2 is 2.00 bits per heavy atom. The van der Waals surface area contributed by atoms with Crippen LogP contribution < -0.4 is 10.1 Å². The Kier molecular flexibility index (Phi) is 2.96. The molecular weight excluding hydrogens is 231 g/mol. The van der Waals surface area contributed by atoms with Crippen molar-refractivity contribution in [2.45, 2.75) is 18.8 Å². The number of piperidine rings is 1. The molecule has 0 amide bonds. The molecule has 1 fully saturated rings. The number of aromatic nitrogens is 1. The first-order chi connectivity index (χ1) is 8.78. The predicted octanol–water partition coefficient (Wildman–Crippen LogP) is 2.78. The third kappa shape index (κ3) is 1.97. The van der Waals surface area contributed by atoms with Crippen LogP contribution in [0.15, 0.2) is 18.2 Å².